The summed E-state index contributed by atoms with van der Waals surface area (Å²) >= 11 is 0. The largest absolute Gasteiger partial charge is 0.464 e. The lowest BCUT2D eigenvalue weighted by atomic mass is 10.6. The van der Waals surface area contributed by atoms with Gasteiger partial charge < -0.3 is 24.4 Å². The average Bonchev–Trinajstić information content (AvgIpc) is 2.36. The number of hydrogen-bond donors (Lipinski definition) is 2. The summed E-state index contributed by atoms with van der Waals surface area (Å²) in [5.41, 5.74) is 0. The number of amides is 2. The molecular formula is C10H21N2O6P. The minimum Gasteiger partial charge on any atom is -0.464 e. The first-order valence-electron chi connectivity index (χ1n) is 5.98. The van der Waals surface area contributed by atoms with Gasteiger partial charge in [-0.05, 0) is 20.8 Å². The van der Waals surface area contributed by atoms with Crippen LogP contribution in [0.5, 0.6) is 0 Å². The van der Waals surface area contributed by atoms with Gasteiger partial charge in [0.25, 0.3) is 0 Å². The lowest BCUT2D eigenvalue weighted by molar-refractivity contribution is -0.143. The summed E-state index contributed by atoms with van der Waals surface area (Å²) < 4.78 is 27.3. The molecule has 0 bridgehead atoms. The van der Waals surface area contributed by atoms with Crippen LogP contribution in [-0.4, -0.2) is 44.7 Å². The van der Waals surface area contributed by atoms with Crippen molar-refractivity contribution in [3.05, 3.63) is 0 Å². The summed E-state index contributed by atoms with van der Waals surface area (Å²) in [6, 6.07) is -0.683. The highest BCUT2D eigenvalue weighted by molar-refractivity contribution is 7.55. The molecule has 0 aliphatic carbocycles. The van der Waals surface area contributed by atoms with Gasteiger partial charge in [-0.3, -0.25) is 4.57 Å². The zero-order valence-electron chi connectivity index (χ0n) is 11.6. The molecule has 8 nitrogen and oxygen atoms in total. The van der Waals surface area contributed by atoms with Crippen LogP contribution in [0.4, 0.5) is 4.79 Å². The van der Waals surface area contributed by atoms with Crippen molar-refractivity contribution in [2.75, 3.05) is 26.9 Å². The summed E-state index contributed by atoms with van der Waals surface area (Å²) in [4.78, 5) is 23.1. The van der Waals surface area contributed by atoms with Crippen molar-refractivity contribution in [1.82, 2.24) is 10.6 Å². The van der Waals surface area contributed by atoms with Crippen molar-refractivity contribution in [3.63, 3.8) is 0 Å². The van der Waals surface area contributed by atoms with Gasteiger partial charge in [-0.2, -0.15) is 0 Å². The molecule has 0 aliphatic rings. The maximum absolute atomic E-state index is 12.5. The zero-order chi connectivity index (χ0) is 14.9. The number of rotatable bonds is 8. The smallest absolute Gasteiger partial charge is 0.364 e. The first kappa shape index (κ1) is 17.9. The fourth-order valence-electron chi connectivity index (χ4n) is 1.23. The van der Waals surface area contributed by atoms with Crippen LogP contribution in [0, 0.1) is 0 Å². The van der Waals surface area contributed by atoms with Gasteiger partial charge in [0, 0.05) is 7.05 Å². The molecule has 1 atom stereocenters. The quantitative estimate of drug-likeness (QED) is 0.513. The van der Waals surface area contributed by atoms with Gasteiger partial charge in [-0.1, -0.05) is 0 Å². The molecule has 0 saturated carbocycles. The molecule has 2 N–H and O–H groups in total. The third kappa shape index (κ3) is 5.59. The monoisotopic (exact) mass is 296 g/mol. The third-order valence-corrected chi connectivity index (χ3v) is 4.15. The number of carbonyl (C=O) groups is 2. The van der Waals surface area contributed by atoms with Crippen LogP contribution in [0.15, 0.2) is 0 Å². The number of carbonyl (C=O) groups excluding carboxylic acids is 2. The van der Waals surface area contributed by atoms with Crippen molar-refractivity contribution in [2.24, 2.45) is 0 Å². The van der Waals surface area contributed by atoms with Crippen LogP contribution in [0.3, 0.4) is 0 Å². The van der Waals surface area contributed by atoms with E-state index in [2.05, 4.69) is 10.6 Å². The molecule has 0 spiro atoms. The third-order valence-electron chi connectivity index (χ3n) is 1.94. The molecule has 0 aromatic rings. The summed E-state index contributed by atoms with van der Waals surface area (Å²) in [7, 11) is -2.46. The minimum atomic E-state index is -3.83. The molecule has 0 fully saturated rings. The van der Waals surface area contributed by atoms with Crippen LogP contribution in [0.25, 0.3) is 0 Å². The minimum absolute atomic E-state index is 0.0720. The van der Waals surface area contributed by atoms with E-state index in [0.29, 0.717) is 0 Å². The highest BCUT2D eigenvalue weighted by Gasteiger charge is 2.43. The number of hydrogen-bond acceptors (Lipinski definition) is 6. The van der Waals surface area contributed by atoms with E-state index in [1.807, 2.05) is 0 Å². The van der Waals surface area contributed by atoms with Crippen molar-refractivity contribution in [3.8, 4) is 0 Å². The van der Waals surface area contributed by atoms with E-state index in [1.54, 1.807) is 20.8 Å². The Labute approximate surface area is 112 Å². The molecule has 0 saturated heterocycles. The maximum atomic E-state index is 12.5. The first-order valence-corrected chi connectivity index (χ1v) is 7.59. The summed E-state index contributed by atoms with van der Waals surface area (Å²) in [6.45, 7) is 5.04. The van der Waals surface area contributed by atoms with E-state index in [9.17, 15) is 14.2 Å². The molecule has 0 aromatic carbocycles. The molecule has 0 aromatic heterocycles. The lowest BCUT2D eigenvalue weighted by Gasteiger charge is -2.25. The Bertz CT molecular complexity index is 339. The number of urea groups is 1. The predicted octanol–water partition coefficient (Wildman–Crippen LogP) is 1.07. The van der Waals surface area contributed by atoms with Crippen molar-refractivity contribution in [1.29, 1.82) is 0 Å². The van der Waals surface area contributed by atoms with Crippen molar-refractivity contribution >= 4 is 19.6 Å². The van der Waals surface area contributed by atoms with E-state index in [4.69, 9.17) is 13.8 Å². The molecule has 0 aliphatic heterocycles. The van der Waals surface area contributed by atoms with Crippen LogP contribution in [0.2, 0.25) is 0 Å². The predicted molar refractivity (Wildman–Crippen MR) is 68.9 cm³/mol. The van der Waals surface area contributed by atoms with E-state index in [1.165, 1.54) is 7.05 Å². The second-order valence-corrected chi connectivity index (χ2v) is 5.37. The van der Waals surface area contributed by atoms with E-state index in [-0.39, 0.29) is 19.8 Å². The molecular weight excluding hydrogens is 275 g/mol. The number of ether oxygens (including phenoxy) is 1. The van der Waals surface area contributed by atoms with Crippen molar-refractivity contribution < 1.29 is 27.9 Å². The zero-order valence-corrected chi connectivity index (χ0v) is 12.5. The molecule has 0 radical (unpaired) electrons. The van der Waals surface area contributed by atoms with Gasteiger partial charge in [0.2, 0.25) is 5.78 Å². The van der Waals surface area contributed by atoms with Gasteiger partial charge in [0.1, 0.15) is 0 Å². The number of nitrogens with one attached hydrogen (secondary N) is 2. The summed E-state index contributed by atoms with van der Waals surface area (Å²) in [5, 5.41) is 4.48. The van der Waals surface area contributed by atoms with Gasteiger partial charge in [-0.15, -0.1) is 0 Å². The highest BCUT2D eigenvalue weighted by Crippen LogP contribution is 2.52. The second kappa shape index (κ2) is 8.90. The fraction of sp³-hybridized carbons (Fsp3) is 0.800. The lowest BCUT2D eigenvalue weighted by Crippen LogP contribution is -2.46. The van der Waals surface area contributed by atoms with E-state index in [0.717, 1.165) is 0 Å². The standard InChI is InChI=1S/C10H21N2O6P/c1-5-16-9(13)8(12-10(14)11-4)19(15,17-6-2)18-7-3/h8H,5-7H2,1-4H3,(H2,11,12,14). The topological polar surface area (TPSA) is 103 Å². The van der Waals surface area contributed by atoms with E-state index < -0.39 is 25.4 Å². The Kier molecular flexibility index (Phi) is 8.38. The normalized spacial score (nSPS) is 12.6. The molecule has 0 heterocycles. The fourth-order valence-corrected chi connectivity index (χ4v) is 2.93. The van der Waals surface area contributed by atoms with Crippen LogP contribution in [-0.2, 0) is 23.1 Å². The van der Waals surface area contributed by atoms with Crippen LogP contribution in [0.1, 0.15) is 20.8 Å². The van der Waals surface area contributed by atoms with E-state index >= 15 is 0 Å². The highest BCUT2D eigenvalue weighted by atomic mass is 31.2. The van der Waals surface area contributed by atoms with Gasteiger partial charge >= 0.3 is 19.6 Å². The Morgan fingerprint density at radius 1 is 1.11 bits per heavy atom. The molecule has 19 heavy (non-hydrogen) atoms. The second-order valence-electron chi connectivity index (χ2n) is 3.25. The Balaban J connectivity index is 5.20. The van der Waals surface area contributed by atoms with Crippen LogP contribution >= 0.6 is 7.60 Å². The molecule has 112 valence electrons. The first-order chi connectivity index (χ1) is 8.95. The Morgan fingerprint density at radius 2 is 1.63 bits per heavy atom. The summed E-state index contributed by atoms with van der Waals surface area (Å²) in [5.74, 6) is -2.36. The molecule has 9 heteroatoms. The maximum Gasteiger partial charge on any atom is 0.364 e. The van der Waals surface area contributed by atoms with Crippen molar-refractivity contribution in [2.45, 2.75) is 26.6 Å². The van der Waals surface area contributed by atoms with Gasteiger partial charge in [0.05, 0.1) is 19.8 Å². The number of esters is 1. The molecule has 0 rings (SSSR count). The average molecular weight is 296 g/mol. The van der Waals surface area contributed by atoms with Crippen LogP contribution < -0.4 is 10.6 Å². The molecule has 1 unspecified atom stereocenters. The van der Waals surface area contributed by atoms with Gasteiger partial charge in [0.15, 0.2) is 0 Å². The summed E-state index contributed by atoms with van der Waals surface area (Å²) in [6.07, 6.45) is 0. The SMILES string of the molecule is CCOC(=O)C(NC(=O)NC)P(=O)(OCC)OCC. The Morgan fingerprint density at radius 3 is 2.00 bits per heavy atom. The van der Waals surface area contributed by atoms with Gasteiger partial charge in [-0.25, -0.2) is 9.59 Å². The Hall–Kier alpha value is -1.11. The molecule has 2 amide bonds.